The molecule has 10 heteroatoms. The van der Waals surface area contributed by atoms with Crippen LogP contribution in [0.3, 0.4) is 0 Å². The smallest absolute Gasteiger partial charge is 0.263 e. The molecule has 0 saturated carbocycles. The van der Waals surface area contributed by atoms with Gasteiger partial charge in [0.2, 0.25) is 5.13 Å². The summed E-state index contributed by atoms with van der Waals surface area (Å²) in [6.07, 6.45) is 0. The van der Waals surface area contributed by atoms with Crippen LogP contribution in [0, 0.1) is 6.92 Å². The number of hydrogen-bond acceptors (Lipinski definition) is 6. The van der Waals surface area contributed by atoms with E-state index in [1.54, 1.807) is 6.92 Å². The quantitative estimate of drug-likeness (QED) is 0.819. The fraction of sp³-hybridized carbons (Fsp3) is 0.100. The number of nitrogens with two attached hydrogens (primary N) is 1. The van der Waals surface area contributed by atoms with Crippen molar-refractivity contribution in [1.82, 2.24) is 9.36 Å². The first-order valence-corrected chi connectivity index (χ1v) is 8.26. The predicted octanol–water partition coefficient (Wildman–Crippen LogP) is 1.93. The molecular weight excluding hydrogens is 340 g/mol. The number of nitrogens with zero attached hydrogens (tertiary/aromatic N) is 2. The van der Waals surface area contributed by atoms with Crippen LogP contribution in [0.2, 0.25) is 5.02 Å². The highest BCUT2D eigenvalue weighted by molar-refractivity contribution is 7.93. The molecule has 0 aliphatic carbocycles. The standard InChI is InChI=1S/C10H9ClN4O2S3/c1-5-13-10(19-14-5)15-20(16,17)6-2-3-7(9(12)18)8(11)4-6/h2-4H,1H3,(H2,12,18)(H,13,14,15). The van der Waals surface area contributed by atoms with Gasteiger partial charge in [-0.15, -0.1) is 0 Å². The fourth-order valence-corrected chi connectivity index (χ4v) is 3.78. The molecule has 0 amide bonds. The Morgan fingerprint density at radius 3 is 2.70 bits per heavy atom. The Balaban J connectivity index is 2.35. The molecule has 2 rings (SSSR count). The maximum atomic E-state index is 12.1. The van der Waals surface area contributed by atoms with Crippen LogP contribution < -0.4 is 10.5 Å². The molecule has 1 heterocycles. The molecule has 0 fully saturated rings. The highest BCUT2D eigenvalue weighted by Gasteiger charge is 2.18. The minimum absolute atomic E-state index is 0.00430. The third kappa shape index (κ3) is 3.23. The van der Waals surface area contributed by atoms with E-state index in [9.17, 15) is 8.42 Å². The molecule has 20 heavy (non-hydrogen) atoms. The summed E-state index contributed by atoms with van der Waals surface area (Å²) in [6.45, 7) is 1.67. The fourth-order valence-electron chi connectivity index (χ4n) is 1.38. The molecule has 0 radical (unpaired) electrons. The maximum Gasteiger partial charge on any atom is 0.263 e. The second-order valence-corrected chi connectivity index (χ2v) is 7.04. The van der Waals surface area contributed by atoms with E-state index in [2.05, 4.69) is 14.1 Å². The lowest BCUT2D eigenvalue weighted by atomic mass is 10.2. The van der Waals surface area contributed by atoms with Crippen molar-refractivity contribution in [1.29, 1.82) is 0 Å². The second-order valence-electron chi connectivity index (χ2n) is 3.76. The first-order chi connectivity index (χ1) is 9.29. The lowest BCUT2D eigenvalue weighted by Gasteiger charge is -2.07. The molecule has 1 aromatic heterocycles. The van der Waals surface area contributed by atoms with Crippen molar-refractivity contribution in [3.63, 3.8) is 0 Å². The number of nitrogens with one attached hydrogen (secondary N) is 1. The van der Waals surface area contributed by atoms with Gasteiger partial charge in [0.1, 0.15) is 10.8 Å². The first-order valence-electron chi connectivity index (χ1n) is 5.22. The molecule has 1 aromatic carbocycles. The summed E-state index contributed by atoms with van der Waals surface area (Å²) >= 11 is 11.7. The Kier molecular flexibility index (Phi) is 4.23. The zero-order chi connectivity index (χ0) is 14.9. The number of halogens is 1. The minimum atomic E-state index is -3.78. The van der Waals surface area contributed by atoms with Crippen molar-refractivity contribution >= 4 is 55.5 Å². The number of hydrogen-bond donors (Lipinski definition) is 2. The topological polar surface area (TPSA) is 98.0 Å². The maximum absolute atomic E-state index is 12.1. The van der Waals surface area contributed by atoms with Gasteiger partial charge in [-0.05, 0) is 25.1 Å². The monoisotopic (exact) mass is 348 g/mol. The van der Waals surface area contributed by atoms with Crippen molar-refractivity contribution in [2.24, 2.45) is 5.73 Å². The van der Waals surface area contributed by atoms with Crippen LogP contribution in [0.5, 0.6) is 0 Å². The SMILES string of the molecule is Cc1nsc(NS(=O)(=O)c2ccc(C(N)=S)c(Cl)c2)n1. The summed E-state index contributed by atoms with van der Waals surface area (Å²) < 4.78 is 30.5. The predicted molar refractivity (Wildman–Crippen MR) is 82.8 cm³/mol. The van der Waals surface area contributed by atoms with Gasteiger partial charge in [-0.2, -0.15) is 4.37 Å². The molecule has 0 unspecified atom stereocenters. The van der Waals surface area contributed by atoms with Crippen LogP contribution in [0.4, 0.5) is 5.13 Å². The van der Waals surface area contributed by atoms with Gasteiger partial charge in [-0.3, -0.25) is 4.72 Å². The molecule has 0 spiro atoms. The van der Waals surface area contributed by atoms with Crippen molar-refractivity contribution < 1.29 is 8.42 Å². The number of aromatic nitrogens is 2. The summed E-state index contributed by atoms with van der Waals surface area (Å²) in [7, 11) is -3.78. The van der Waals surface area contributed by atoms with Gasteiger partial charge in [-0.25, -0.2) is 13.4 Å². The number of benzene rings is 1. The first kappa shape index (κ1) is 15.1. The Labute approximate surface area is 130 Å². The average Bonchev–Trinajstić information content (AvgIpc) is 2.73. The van der Waals surface area contributed by atoms with E-state index >= 15 is 0 Å². The van der Waals surface area contributed by atoms with Gasteiger partial charge < -0.3 is 5.73 Å². The molecular formula is C10H9ClN4O2S3. The van der Waals surface area contributed by atoms with Crippen LogP contribution in [-0.2, 0) is 10.0 Å². The average molecular weight is 349 g/mol. The summed E-state index contributed by atoms with van der Waals surface area (Å²) in [5.74, 6) is 0.495. The van der Waals surface area contributed by atoms with Crippen LogP contribution in [-0.4, -0.2) is 22.8 Å². The Morgan fingerprint density at radius 1 is 1.50 bits per heavy atom. The normalized spacial score (nSPS) is 11.3. The molecule has 0 saturated heterocycles. The van der Waals surface area contributed by atoms with Gasteiger partial charge in [-0.1, -0.05) is 23.8 Å². The van der Waals surface area contributed by atoms with E-state index in [1.165, 1.54) is 18.2 Å². The number of aryl methyl sites for hydroxylation is 1. The van der Waals surface area contributed by atoms with Crippen molar-refractivity contribution in [3.05, 3.63) is 34.6 Å². The highest BCUT2D eigenvalue weighted by Crippen LogP contribution is 2.23. The lowest BCUT2D eigenvalue weighted by molar-refractivity contribution is 0.601. The van der Waals surface area contributed by atoms with Gasteiger partial charge in [0, 0.05) is 17.1 Å². The highest BCUT2D eigenvalue weighted by atomic mass is 35.5. The number of rotatable bonds is 4. The molecule has 0 atom stereocenters. The zero-order valence-corrected chi connectivity index (χ0v) is 13.3. The number of sulfonamides is 1. The minimum Gasteiger partial charge on any atom is -0.389 e. The summed E-state index contributed by atoms with van der Waals surface area (Å²) in [5, 5.41) is 0.367. The number of anilines is 1. The van der Waals surface area contributed by atoms with Crippen molar-refractivity contribution in [3.8, 4) is 0 Å². The van der Waals surface area contributed by atoms with E-state index < -0.39 is 10.0 Å². The molecule has 6 nitrogen and oxygen atoms in total. The van der Waals surface area contributed by atoms with Crippen LogP contribution in [0.25, 0.3) is 0 Å². The largest absolute Gasteiger partial charge is 0.389 e. The molecule has 0 aliphatic heterocycles. The summed E-state index contributed by atoms with van der Waals surface area (Å²) in [6, 6.07) is 4.12. The van der Waals surface area contributed by atoms with Crippen molar-refractivity contribution in [2.45, 2.75) is 11.8 Å². The van der Waals surface area contributed by atoms with E-state index in [0.717, 1.165) is 11.5 Å². The Morgan fingerprint density at radius 2 is 2.20 bits per heavy atom. The Bertz CT molecular complexity index is 773. The number of thiocarbonyl (C=S) groups is 1. The summed E-state index contributed by atoms with van der Waals surface area (Å²) in [5.41, 5.74) is 5.89. The van der Waals surface area contributed by atoms with E-state index in [-0.39, 0.29) is 20.0 Å². The molecule has 106 valence electrons. The van der Waals surface area contributed by atoms with Crippen molar-refractivity contribution in [2.75, 3.05) is 4.72 Å². The molecule has 0 aliphatic rings. The van der Waals surface area contributed by atoms with Crippen LogP contribution >= 0.6 is 35.4 Å². The van der Waals surface area contributed by atoms with Crippen LogP contribution in [0.15, 0.2) is 23.1 Å². The van der Waals surface area contributed by atoms with Crippen LogP contribution in [0.1, 0.15) is 11.4 Å². The second kappa shape index (κ2) is 5.60. The van der Waals surface area contributed by atoms with E-state index in [4.69, 9.17) is 29.6 Å². The molecule has 0 bridgehead atoms. The van der Waals surface area contributed by atoms with E-state index in [1.807, 2.05) is 0 Å². The zero-order valence-electron chi connectivity index (χ0n) is 10.1. The van der Waals surface area contributed by atoms with Gasteiger partial charge >= 0.3 is 0 Å². The molecule has 3 N–H and O–H groups in total. The van der Waals surface area contributed by atoms with Gasteiger partial charge in [0.05, 0.1) is 9.92 Å². The molecule has 2 aromatic rings. The Hall–Kier alpha value is -1.29. The lowest BCUT2D eigenvalue weighted by Crippen LogP contribution is -2.14. The summed E-state index contributed by atoms with van der Waals surface area (Å²) in [4.78, 5) is 4.03. The van der Waals surface area contributed by atoms with E-state index in [0.29, 0.717) is 11.4 Å². The third-order valence-corrected chi connectivity index (χ3v) is 4.99. The van der Waals surface area contributed by atoms with Gasteiger partial charge in [0.15, 0.2) is 0 Å². The third-order valence-electron chi connectivity index (χ3n) is 2.27. The van der Waals surface area contributed by atoms with Gasteiger partial charge in [0.25, 0.3) is 10.0 Å².